The van der Waals surface area contributed by atoms with Gasteiger partial charge >= 0.3 is 6.01 Å². The molecular weight excluding hydrogens is 310 g/mol. The monoisotopic (exact) mass is 316 g/mol. The molecule has 17 heavy (non-hydrogen) atoms. The molecule has 0 saturated carbocycles. The summed E-state index contributed by atoms with van der Waals surface area (Å²) in [5.74, 6) is -0.0800. The van der Waals surface area contributed by atoms with Crippen molar-refractivity contribution in [1.82, 2.24) is 9.97 Å². The summed E-state index contributed by atoms with van der Waals surface area (Å²) in [7, 11) is 0. The molecule has 0 N–H and O–H groups in total. The Labute approximate surface area is 111 Å². The van der Waals surface area contributed by atoms with Crippen LogP contribution in [0.15, 0.2) is 35.1 Å². The van der Waals surface area contributed by atoms with Crippen LogP contribution in [0.2, 0.25) is 0 Å². The minimum atomic E-state index is -0.482. The minimum Gasteiger partial charge on any atom is -0.421 e. The Morgan fingerprint density at radius 2 is 2.00 bits per heavy atom. The second kappa shape index (κ2) is 5.42. The number of alkyl halides is 1. The Bertz CT molecular complexity index is 521. The third kappa shape index (κ3) is 3.14. The zero-order valence-corrected chi connectivity index (χ0v) is 10.9. The van der Waals surface area contributed by atoms with E-state index in [0.29, 0.717) is 10.4 Å². The molecule has 0 aliphatic rings. The lowest BCUT2D eigenvalue weighted by atomic mass is 10.3. The molecule has 6 heteroatoms. The summed E-state index contributed by atoms with van der Waals surface area (Å²) in [6.07, 6.45) is 3.07. The van der Waals surface area contributed by atoms with Crippen LogP contribution in [0.25, 0.3) is 0 Å². The van der Waals surface area contributed by atoms with Gasteiger partial charge in [0.2, 0.25) is 0 Å². The molecule has 88 valence electrons. The van der Waals surface area contributed by atoms with Gasteiger partial charge in [-0.2, -0.15) is 0 Å². The highest BCUT2D eigenvalue weighted by atomic mass is 79.9. The van der Waals surface area contributed by atoms with E-state index in [9.17, 15) is 4.39 Å². The lowest BCUT2D eigenvalue weighted by Gasteiger charge is -2.05. The standard InChI is InChI=1S/C11H7BrClFN2O/c12-8-1-2-10(9(14)3-8)17-11-15-5-7(4-13)6-16-11/h1-3,5-6H,4H2. The van der Waals surface area contributed by atoms with Gasteiger partial charge in [0.25, 0.3) is 0 Å². The van der Waals surface area contributed by atoms with E-state index >= 15 is 0 Å². The van der Waals surface area contributed by atoms with E-state index in [1.54, 1.807) is 6.07 Å². The Kier molecular flexibility index (Phi) is 3.91. The molecule has 0 amide bonds. The summed E-state index contributed by atoms with van der Waals surface area (Å²) in [6.45, 7) is 0. The van der Waals surface area contributed by atoms with Gasteiger partial charge in [-0.05, 0) is 18.2 Å². The van der Waals surface area contributed by atoms with Gasteiger partial charge < -0.3 is 4.74 Å². The first-order valence-corrected chi connectivity index (χ1v) is 6.01. The van der Waals surface area contributed by atoms with Crippen LogP contribution < -0.4 is 4.74 Å². The Morgan fingerprint density at radius 3 is 2.59 bits per heavy atom. The lowest BCUT2D eigenvalue weighted by molar-refractivity contribution is 0.410. The molecule has 1 heterocycles. The molecule has 0 radical (unpaired) electrons. The highest BCUT2D eigenvalue weighted by Crippen LogP contribution is 2.24. The molecule has 0 unspecified atom stereocenters. The largest absolute Gasteiger partial charge is 0.421 e. The molecule has 0 bridgehead atoms. The molecule has 0 aliphatic heterocycles. The van der Waals surface area contributed by atoms with Crippen molar-refractivity contribution < 1.29 is 9.13 Å². The zero-order valence-electron chi connectivity index (χ0n) is 8.53. The van der Waals surface area contributed by atoms with Gasteiger partial charge in [0.05, 0.1) is 5.88 Å². The molecule has 1 aromatic heterocycles. The van der Waals surface area contributed by atoms with Crippen molar-refractivity contribution in [1.29, 1.82) is 0 Å². The van der Waals surface area contributed by atoms with Crippen molar-refractivity contribution in [3.05, 3.63) is 46.4 Å². The number of benzene rings is 1. The molecule has 0 atom stereocenters. The van der Waals surface area contributed by atoms with Gasteiger partial charge in [-0.1, -0.05) is 15.9 Å². The number of hydrogen-bond acceptors (Lipinski definition) is 3. The van der Waals surface area contributed by atoms with Crippen molar-refractivity contribution in [2.24, 2.45) is 0 Å². The minimum absolute atomic E-state index is 0.0758. The average Bonchev–Trinajstić information content (AvgIpc) is 2.34. The molecule has 2 aromatic rings. The highest BCUT2D eigenvalue weighted by molar-refractivity contribution is 9.10. The van der Waals surface area contributed by atoms with Gasteiger partial charge in [-0.3, -0.25) is 0 Å². The van der Waals surface area contributed by atoms with E-state index < -0.39 is 5.82 Å². The molecule has 2 rings (SSSR count). The maximum Gasteiger partial charge on any atom is 0.321 e. The maximum absolute atomic E-state index is 13.4. The number of rotatable bonds is 3. The molecule has 0 fully saturated rings. The number of aromatic nitrogens is 2. The first-order chi connectivity index (χ1) is 8.19. The van der Waals surface area contributed by atoms with Crippen LogP contribution in [0.4, 0.5) is 4.39 Å². The molecule has 0 saturated heterocycles. The van der Waals surface area contributed by atoms with Crippen molar-refractivity contribution in [3.63, 3.8) is 0 Å². The fraction of sp³-hybridized carbons (Fsp3) is 0.0909. The summed E-state index contributed by atoms with van der Waals surface area (Å²) in [4.78, 5) is 7.82. The van der Waals surface area contributed by atoms with Crippen molar-refractivity contribution in [3.8, 4) is 11.8 Å². The summed E-state index contributed by atoms with van der Waals surface area (Å²) in [5.41, 5.74) is 0.773. The van der Waals surface area contributed by atoms with E-state index in [1.165, 1.54) is 24.5 Å². The van der Waals surface area contributed by atoms with Crippen LogP contribution >= 0.6 is 27.5 Å². The fourth-order valence-corrected chi connectivity index (χ4v) is 1.59. The third-order valence-corrected chi connectivity index (χ3v) is 2.73. The van der Waals surface area contributed by atoms with E-state index in [-0.39, 0.29) is 11.8 Å². The molecular formula is C11H7BrClFN2O. The third-order valence-electron chi connectivity index (χ3n) is 1.93. The Balaban J connectivity index is 2.19. The van der Waals surface area contributed by atoms with Crippen molar-refractivity contribution >= 4 is 27.5 Å². The predicted molar refractivity (Wildman–Crippen MR) is 65.8 cm³/mol. The van der Waals surface area contributed by atoms with Gasteiger partial charge in [0.1, 0.15) is 0 Å². The average molecular weight is 318 g/mol. The van der Waals surface area contributed by atoms with Gasteiger partial charge in [-0.15, -0.1) is 11.6 Å². The number of hydrogen-bond donors (Lipinski definition) is 0. The van der Waals surface area contributed by atoms with E-state index in [4.69, 9.17) is 16.3 Å². The van der Waals surface area contributed by atoms with E-state index in [0.717, 1.165) is 5.56 Å². The van der Waals surface area contributed by atoms with E-state index in [2.05, 4.69) is 25.9 Å². The molecule has 0 aliphatic carbocycles. The van der Waals surface area contributed by atoms with Gasteiger partial charge in [0.15, 0.2) is 11.6 Å². The lowest BCUT2D eigenvalue weighted by Crippen LogP contribution is -1.94. The number of nitrogens with zero attached hydrogens (tertiary/aromatic N) is 2. The Morgan fingerprint density at radius 1 is 1.29 bits per heavy atom. The SMILES string of the molecule is Fc1cc(Br)ccc1Oc1ncc(CCl)cn1. The van der Waals surface area contributed by atoms with Crippen LogP contribution in [-0.4, -0.2) is 9.97 Å². The van der Waals surface area contributed by atoms with Gasteiger partial charge in [-0.25, -0.2) is 14.4 Å². The maximum atomic E-state index is 13.4. The van der Waals surface area contributed by atoms with Gasteiger partial charge in [0, 0.05) is 22.4 Å². The predicted octanol–water partition coefficient (Wildman–Crippen LogP) is 3.91. The second-order valence-electron chi connectivity index (χ2n) is 3.18. The smallest absolute Gasteiger partial charge is 0.321 e. The van der Waals surface area contributed by atoms with Crippen molar-refractivity contribution in [2.45, 2.75) is 5.88 Å². The molecule has 0 spiro atoms. The quantitative estimate of drug-likeness (QED) is 0.805. The second-order valence-corrected chi connectivity index (χ2v) is 4.37. The summed E-state index contributed by atoms with van der Waals surface area (Å²) in [6, 6.07) is 4.56. The first kappa shape index (κ1) is 12.3. The molecule has 3 nitrogen and oxygen atoms in total. The van der Waals surface area contributed by atoms with Crippen LogP contribution in [0.1, 0.15) is 5.56 Å². The normalized spacial score (nSPS) is 10.3. The highest BCUT2D eigenvalue weighted by Gasteiger charge is 2.07. The molecule has 1 aromatic carbocycles. The zero-order chi connectivity index (χ0) is 12.3. The first-order valence-electron chi connectivity index (χ1n) is 4.69. The van der Waals surface area contributed by atoms with Crippen LogP contribution in [-0.2, 0) is 5.88 Å². The number of halogens is 3. The van der Waals surface area contributed by atoms with Crippen LogP contribution in [0.3, 0.4) is 0 Å². The summed E-state index contributed by atoms with van der Waals surface area (Å²) < 4.78 is 19.3. The topological polar surface area (TPSA) is 35.0 Å². The Hall–Kier alpha value is -1.20. The van der Waals surface area contributed by atoms with Crippen LogP contribution in [0.5, 0.6) is 11.8 Å². The van der Waals surface area contributed by atoms with E-state index in [1.807, 2.05) is 0 Å². The summed E-state index contributed by atoms with van der Waals surface area (Å²) >= 11 is 8.76. The van der Waals surface area contributed by atoms with Crippen molar-refractivity contribution in [2.75, 3.05) is 0 Å². The number of ether oxygens (including phenoxy) is 1. The van der Waals surface area contributed by atoms with Crippen LogP contribution in [0, 0.1) is 5.82 Å². The summed E-state index contributed by atoms with van der Waals surface area (Å²) in [5, 5.41) is 0. The fourth-order valence-electron chi connectivity index (χ4n) is 1.12.